The summed E-state index contributed by atoms with van der Waals surface area (Å²) in [5, 5.41) is 11.5. The Morgan fingerprint density at radius 2 is 1.65 bits per heavy atom. The lowest BCUT2D eigenvalue weighted by atomic mass is 9.98. The Morgan fingerprint density at radius 3 is 2.15 bits per heavy atom. The summed E-state index contributed by atoms with van der Waals surface area (Å²) in [6, 6.07) is 16.1. The van der Waals surface area contributed by atoms with Crippen molar-refractivity contribution in [3.8, 4) is 11.1 Å². The summed E-state index contributed by atoms with van der Waals surface area (Å²) < 4.78 is 5.42. The first-order valence-electron chi connectivity index (χ1n) is 8.34. The smallest absolute Gasteiger partial charge is 0.407 e. The molecule has 5 nitrogen and oxygen atoms in total. The molecule has 0 unspecified atom stereocenters. The maximum Gasteiger partial charge on any atom is 0.407 e. The van der Waals surface area contributed by atoms with Crippen molar-refractivity contribution in [2.24, 2.45) is 0 Å². The fraction of sp³-hybridized carbons (Fsp3) is 0.300. The molecule has 2 aromatic rings. The number of rotatable bonds is 6. The van der Waals surface area contributed by atoms with Gasteiger partial charge in [0.25, 0.3) is 0 Å². The number of halogens is 1. The molecular weight excluding hydrogens is 354 g/mol. The number of carboxylic acids is 1. The van der Waals surface area contributed by atoms with Crippen LogP contribution >= 0.6 is 11.6 Å². The topological polar surface area (TPSA) is 75.6 Å². The third kappa shape index (κ3) is 3.68. The minimum absolute atomic E-state index is 0.0243. The monoisotopic (exact) mass is 373 g/mol. The Balaban J connectivity index is 1.72. The fourth-order valence-electron chi connectivity index (χ4n) is 3.34. The molecule has 136 valence electrons. The second-order valence-electron chi connectivity index (χ2n) is 6.72. The van der Waals surface area contributed by atoms with Gasteiger partial charge in [0.15, 0.2) is 0 Å². The van der Waals surface area contributed by atoms with Gasteiger partial charge in [-0.2, -0.15) is 0 Å². The summed E-state index contributed by atoms with van der Waals surface area (Å²) in [4.78, 5) is 23.1. The van der Waals surface area contributed by atoms with Crippen molar-refractivity contribution in [1.29, 1.82) is 0 Å². The Morgan fingerprint density at radius 1 is 1.12 bits per heavy atom. The first-order valence-corrected chi connectivity index (χ1v) is 8.88. The SMILES string of the molecule is C[C@@](CCl)(CC(=O)O)NC(=O)OCC1c2ccccc2-c2ccccc21. The second-order valence-corrected chi connectivity index (χ2v) is 6.98. The Labute approximate surface area is 156 Å². The van der Waals surface area contributed by atoms with E-state index in [0.717, 1.165) is 22.3 Å². The number of alkyl halides is 1. The van der Waals surface area contributed by atoms with E-state index >= 15 is 0 Å². The Bertz CT molecular complexity index is 793. The Kier molecular flexibility index (Phi) is 5.18. The average Bonchev–Trinajstić information content (AvgIpc) is 2.93. The number of carbonyl (C=O) groups excluding carboxylic acids is 1. The normalized spacial score (nSPS) is 14.8. The van der Waals surface area contributed by atoms with Gasteiger partial charge >= 0.3 is 12.1 Å². The average molecular weight is 374 g/mol. The number of aliphatic carboxylic acids is 1. The van der Waals surface area contributed by atoms with E-state index in [1.165, 1.54) is 0 Å². The zero-order valence-corrected chi connectivity index (χ0v) is 15.1. The summed E-state index contributed by atoms with van der Waals surface area (Å²) in [5.41, 5.74) is 3.47. The zero-order chi connectivity index (χ0) is 18.7. The number of hydrogen-bond donors (Lipinski definition) is 2. The molecular formula is C20H20ClNO4. The molecule has 0 saturated carbocycles. The first kappa shape index (κ1) is 18.3. The van der Waals surface area contributed by atoms with Crippen molar-refractivity contribution in [2.45, 2.75) is 24.8 Å². The summed E-state index contributed by atoms with van der Waals surface area (Å²) >= 11 is 5.82. The lowest BCUT2D eigenvalue weighted by Gasteiger charge is -2.26. The van der Waals surface area contributed by atoms with Crippen molar-refractivity contribution in [3.63, 3.8) is 0 Å². The molecule has 0 fully saturated rings. The van der Waals surface area contributed by atoms with Crippen molar-refractivity contribution >= 4 is 23.7 Å². The van der Waals surface area contributed by atoms with E-state index in [1.807, 2.05) is 36.4 Å². The summed E-state index contributed by atoms with van der Waals surface area (Å²) in [5.74, 6) is -1.11. The van der Waals surface area contributed by atoms with Crippen LogP contribution in [0.2, 0.25) is 0 Å². The molecule has 1 amide bonds. The van der Waals surface area contributed by atoms with Gasteiger partial charge in [-0.15, -0.1) is 11.6 Å². The standard InChI is InChI=1S/C20H20ClNO4/c1-20(12-21,10-18(23)24)22-19(25)26-11-17-15-8-4-2-6-13(15)14-7-3-5-9-16(14)17/h2-9,17H,10-12H2,1H3,(H,22,25)(H,23,24)/t20-/m0/s1. The van der Waals surface area contributed by atoms with E-state index in [0.29, 0.717) is 0 Å². The quantitative estimate of drug-likeness (QED) is 0.750. The van der Waals surface area contributed by atoms with Crippen molar-refractivity contribution in [3.05, 3.63) is 59.7 Å². The highest BCUT2D eigenvalue weighted by Crippen LogP contribution is 2.44. The highest BCUT2D eigenvalue weighted by molar-refractivity contribution is 6.19. The van der Waals surface area contributed by atoms with Crippen LogP contribution in [0, 0.1) is 0 Å². The van der Waals surface area contributed by atoms with Crippen LogP contribution in [0.5, 0.6) is 0 Å². The van der Waals surface area contributed by atoms with E-state index in [2.05, 4.69) is 17.4 Å². The maximum absolute atomic E-state index is 12.2. The van der Waals surface area contributed by atoms with Crippen LogP contribution in [-0.2, 0) is 9.53 Å². The summed E-state index contributed by atoms with van der Waals surface area (Å²) in [6.45, 7) is 1.75. The van der Waals surface area contributed by atoms with Crippen LogP contribution in [-0.4, -0.2) is 35.2 Å². The number of ether oxygens (including phenoxy) is 1. The van der Waals surface area contributed by atoms with Gasteiger partial charge in [-0.05, 0) is 29.2 Å². The number of carbonyl (C=O) groups is 2. The number of alkyl carbamates (subject to hydrolysis) is 1. The van der Waals surface area contributed by atoms with Crippen LogP contribution in [0.4, 0.5) is 4.79 Å². The molecule has 1 aliphatic rings. The predicted octanol–water partition coefficient (Wildman–Crippen LogP) is 4.00. The van der Waals surface area contributed by atoms with E-state index in [1.54, 1.807) is 6.92 Å². The molecule has 2 aromatic carbocycles. The number of fused-ring (bicyclic) bond motifs is 3. The minimum atomic E-state index is -1.06. The molecule has 2 N–H and O–H groups in total. The third-order valence-electron chi connectivity index (χ3n) is 4.58. The third-order valence-corrected chi connectivity index (χ3v) is 5.17. The first-order chi connectivity index (χ1) is 12.4. The van der Waals surface area contributed by atoms with E-state index < -0.39 is 17.6 Å². The van der Waals surface area contributed by atoms with Gasteiger partial charge in [0.1, 0.15) is 6.61 Å². The zero-order valence-electron chi connectivity index (χ0n) is 14.4. The van der Waals surface area contributed by atoms with Crippen molar-refractivity contribution < 1.29 is 19.4 Å². The molecule has 0 heterocycles. The van der Waals surface area contributed by atoms with Crippen LogP contribution in [0.15, 0.2) is 48.5 Å². The number of hydrogen-bond acceptors (Lipinski definition) is 3. The molecule has 0 aromatic heterocycles. The summed E-state index contributed by atoms with van der Waals surface area (Å²) in [6.07, 6.45) is -0.947. The Hall–Kier alpha value is -2.53. The van der Waals surface area contributed by atoms with Crippen molar-refractivity contribution in [1.82, 2.24) is 5.32 Å². The molecule has 6 heteroatoms. The van der Waals surface area contributed by atoms with Gasteiger partial charge < -0.3 is 15.2 Å². The molecule has 1 atom stereocenters. The molecule has 1 aliphatic carbocycles. The molecule has 3 rings (SSSR count). The summed E-state index contributed by atoms with van der Waals surface area (Å²) in [7, 11) is 0. The van der Waals surface area contributed by atoms with E-state index in [4.69, 9.17) is 21.4 Å². The number of amides is 1. The lowest BCUT2D eigenvalue weighted by molar-refractivity contribution is -0.138. The van der Waals surface area contributed by atoms with Gasteiger partial charge in [-0.25, -0.2) is 4.79 Å². The molecule has 0 spiro atoms. The van der Waals surface area contributed by atoms with Gasteiger partial charge in [-0.1, -0.05) is 48.5 Å². The minimum Gasteiger partial charge on any atom is -0.481 e. The van der Waals surface area contributed by atoms with E-state index in [-0.39, 0.29) is 24.8 Å². The molecule has 0 saturated heterocycles. The highest BCUT2D eigenvalue weighted by atomic mass is 35.5. The maximum atomic E-state index is 12.2. The molecule has 0 aliphatic heterocycles. The molecule has 26 heavy (non-hydrogen) atoms. The van der Waals surface area contributed by atoms with Gasteiger partial charge in [0.2, 0.25) is 0 Å². The largest absolute Gasteiger partial charge is 0.481 e. The van der Waals surface area contributed by atoms with Gasteiger partial charge in [0.05, 0.1) is 12.0 Å². The lowest BCUT2D eigenvalue weighted by Crippen LogP contribution is -2.49. The molecule has 0 bridgehead atoms. The molecule has 0 radical (unpaired) electrons. The number of benzene rings is 2. The van der Waals surface area contributed by atoms with Crippen molar-refractivity contribution in [2.75, 3.05) is 12.5 Å². The van der Waals surface area contributed by atoms with Gasteiger partial charge in [-0.3, -0.25) is 4.79 Å². The predicted molar refractivity (Wildman–Crippen MR) is 99.6 cm³/mol. The highest BCUT2D eigenvalue weighted by Gasteiger charge is 2.32. The van der Waals surface area contributed by atoms with E-state index in [9.17, 15) is 9.59 Å². The van der Waals surface area contributed by atoms with Crippen LogP contribution < -0.4 is 5.32 Å². The van der Waals surface area contributed by atoms with Crippen LogP contribution in [0.1, 0.15) is 30.4 Å². The number of carboxylic acid groups (broad SMARTS) is 1. The van der Waals surface area contributed by atoms with Crippen LogP contribution in [0.3, 0.4) is 0 Å². The fourth-order valence-corrected chi connectivity index (χ4v) is 3.50. The van der Waals surface area contributed by atoms with Crippen LogP contribution in [0.25, 0.3) is 11.1 Å². The van der Waals surface area contributed by atoms with Gasteiger partial charge in [0, 0.05) is 11.8 Å². The number of nitrogens with one attached hydrogen (secondary N) is 1. The second kappa shape index (κ2) is 7.38.